The summed E-state index contributed by atoms with van der Waals surface area (Å²) >= 11 is 0. The van der Waals surface area contributed by atoms with Gasteiger partial charge in [0, 0.05) is 24.6 Å². The van der Waals surface area contributed by atoms with Crippen LogP contribution in [0, 0.1) is 11.8 Å². The smallest absolute Gasteiger partial charge is 0.308 e. The molecule has 1 saturated carbocycles. The zero-order valence-corrected chi connectivity index (χ0v) is 12.3. The second-order valence-corrected chi connectivity index (χ2v) is 6.42. The molecular formula is C15H20N2O4. The van der Waals surface area contributed by atoms with Crippen LogP contribution in [0.15, 0.2) is 10.6 Å². The van der Waals surface area contributed by atoms with E-state index in [1.807, 2.05) is 13.8 Å². The van der Waals surface area contributed by atoms with Gasteiger partial charge in [-0.05, 0) is 25.2 Å². The Morgan fingerprint density at radius 3 is 2.76 bits per heavy atom. The molecular weight excluding hydrogens is 272 g/mol. The zero-order chi connectivity index (χ0) is 15.1. The molecule has 1 N–H and O–H groups in total. The maximum Gasteiger partial charge on any atom is 0.308 e. The van der Waals surface area contributed by atoms with Crippen molar-refractivity contribution < 1.29 is 19.2 Å². The summed E-state index contributed by atoms with van der Waals surface area (Å²) in [4.78, 5) is 25.7. The fraction of sp³-hybridized carbons (Fsp3) is 0.667. The lowest BCUT2D eigenvalue weighted by Gasteiger charge is -2.48. The molecule has 114 valence electrons. The standard InChI is InChI=1S/C15H20N2O4/c1-8(2)13-6-11(16-21-13)14(18)17-7-9-3-4-12(17)10(5-9)15(19)20/h6,8-10,12H,3-5,7H2,1-2H3,(H,19,20). The first-order valence-corrected chi connectivity index (χ1v) is 7.47. The number of carbonyl (C=O) groups is 2. The van der Waals surface area contributed by atoms with Gasteiger partial charge in [0.2, 0.25) is 0 Å². The second-order valence-electron chi connectivity index (χ2n) is 6.42. The van der Waals surface area contributed by atoms with Gasteiger partial charge in [0.25, 0.3) is 5.91 Å². The molecule has 3 unspecified atom stereocenters. The van der Waals surface area contributed by atoms with Crippen LogP contribution >= 0.6 is 0 Å². The van der Waals surface area contributed by atoms with Crippen LogP contribution in [-0.2, 0) is 4.79 Å². The van der Waals surface area contributed by atoms with Crippen LogP contribution < -0.4 is 0 Å². The van der Waals surface area contributed by atoms with Gasteiger partial charge in [0.1, 0.15) is 5.76 Å². The minimum absolute atomic E-state index is 0.170. The van der Waals surface area contributed by atoms with Crippen molar-refractivity contribution in [1.82, 2.24) is 10.1 Å². The van der Waals surface area contributed by atoms with Crippen LogP contribution in [0.2, 0.25) is 0 Å². The lowest BCUT2D eigenvalue weighted by Crippen LogP contribution is -2.57. The summed E-state index contributed by atoms with van der Waals surface area (Å²) in [7, 11) is 0. The van der Waals surface area contributed by atoms with Crippen LogP contribution in [0.4, 0.5) is 0 Å². The third-order valence-corrected chi connectivity index (χ3v) is 4.67. The van der Waals surface area contributed by atoms with Crippen molar-refractivity contribution in [2.24, 2.45) is 11.8 Å². The summed E-state index contributed by atoms with van der Waals surface area (Å²) in [6, 6.07) is 1.46. The van der Waals surface area contributed by atoms with Crippen LogP contribution in [0.3, 0.4) is 0 Å². The Hall–Kier alpha value is -1.85. The maximum atomic E-state index is 12.6. The highest BCUT2D eigenvalue weighted by atomic mass is 16.5. The van der Waals surface area contributed by atoms with E-state index in [2.05, 4.69) is 5.16 Å². The van der Waals surface area contributed by atoms with Crippen molar-refractivity contribution in [3.05, 3.63) is 17.5 Å². The average molecular weight is 292 g/mol. The molecule has 0 aromatic carbocycles. The van der Waals surface area contributed by atoms with Gasteiger partial charge in [-0.3, -0.25) is 9.59 Å². The summed E-state index contributed by atoms with van der Waals surface area (Å²) in [5.41, 5.74) is 0.287. The number of aliphatic carboxylic acids is 1. The molecule has 2 aliphatic heterocycles. The summed E-state index contributed by atoms with van der Waals surface area (Å²) < 4.78 is 5.18. The molecule has 1 aliphatic carbocycles. The van der Waals surface area contributed by atoms with Crippen LogP contribution in [0.1, 0.15) is 55.3 Å². The monoisotopic (exact) mass is 292 g/mol. The number of fused-ring (bicyclic) bond motifs is 3. The molecule has 3 atom stereocenters. The Bertz CT molecular complexity index is 566. The lowest BCUT2D eigenvalue weighted by molar-refractivity contribution is -0.148. The molecule has 2 bridgehead atoms. The fourth-order valence-electron chi connectivity index (χ4n) is 3.50. The van der Waals surface area contributed by atoms with E-state index in [-0.39, 0.29) is 29.5 Å². The van der Waals surface area contributed by atoms with E-state index < -0.39 is 11.9 Å². The number of carbonyl (C=O) groups excluding carboxylic acids is 1. The van der Waals surface area contributed by atoms with Gasteiger partial charge in [0.15, 0.2) is 5.69 Å². The number of amides is 1. The number of nitrogens with zero attached hydrogens (tertiary/aromatic N) is 2. The molecule has 1 aromatic heterocycles. The number of hydrogen-bond donors (Lipinski definition) is 1. The highest BCUT2D eigenvalue weighted by molar-refractivity contribution is 5.93. The largest absolute Gasteiger partial charge is 0.481 e. The topological polar surface area (TPSA) is 83.6 Å². The van der Waals surface area contributed by atoms with Crippen LogP contribution in [-0.4, -0.2) is 39.6 Å². The van der Waals surface area contributed by atoms with Crippen molar-refractivity contribution in [1.29, 1.82) is 0 Å². The van der Waals surface area contributed by atoms with Crippen LogP contribution in [0.25, 0.3) is 0 Å². The molecule has 0 spiro atoms. The first-order valence-electron chi connectivity index (χ1n) is 7.47. The average Bonchev–Trinajstić information content (AvgIpc) is 2.96. The third kappa shape index (κ3) is 2.43. The van der Waals surface area contributed by atoms with Gasteiger partial charge < -0.3 is 14.5 Å². The molecule has 3 heterocycles. The Morgan fingerprint density at radius 2 is 2.19 bits per heavy atom. The molecule has 6 nitrogen and oxygen atoms in total. The Kier molecular flexibility index (Phi) is 3.47. The molecule has 3 fully saturated rings. The molecule has 2 saturated heterocycles. The minimum Gasteiger partial charge on any atom is -0.481 e. The molecule has 21 heavy (non-hydrogen) atoms. The highest BCUT2D eigenvalue weighted by Crippen LogP contribution is 2.39. The summed E-state index contributed by atoms with van der Waals surface area (Å²) in [5.74, 6) is -0.315. The van der Waals surface area contributed by atoms with Crippen LogP contribution in [0.5, 0.6) is 0 Å². The van der Waals surface area contributed by atoms with Crippen molar-refractivity contribution in [3.8, 4) is 0 Å². The van der Waals surface area contributed by atoms with Gasteiger partial charge in [-0.1, -0.05) is 19.0 Å². The summed E-state index contributed by atoms with van der Waals surface area (Å²) in [6.45, 7) is 4.58. The van der Waals surface area contributed by atoms with Gasteiger partial charge >= 0.3 is 5.97 Å². The van der Waals surface area contributed by atoms with Gasteiger partial charge in [-0.25, -0.2) is 0 Å². The Balaban J connectivity index is 1.82. The quantitative estimate of drug-likeness (QED) is 0.922. The molecule has 1 amide bonds. The number of carboxylic acid groups (broad SMARTS) is 1. The Morgan fingerprint density at radius 1 is 1.43 bits per heavy atom. The number of piperidine rings is 2. The number of hydrogen-bond acceptors (Lipinski definition) is 4. The van der Waals surface area contributed by atoms with Crippen molar-refractivity contribution in [2.75, 3.05) is 6.54 Å². The zero-order valence-electron chi connectivity index (χ0n) is 12.3. The molecule has 3 aliphatic rings. The molecule has 1 aromatic rings. The molecule has 6 heteroatoms. The normalized spacial score (nSPS) is 28.1. The molecule has 4 rings (SSSR count). The van der Waals surface area contributed by atoms with Crippen molar-refractivity contribution >= 4 is 11.9 Å². The van der Waals surface area contributed by atoms with Gasteiger partial charge in [-0.2, -0.15) is 0 Å². The van der Waals surface area contributed by atoms with E-state index in [1.54, 1.807) is 11.0 Å². The number of aromatic nitrogens is 1. The number of rotatable bonds is 3. The molecule has 0 radical (unpaired) electrons. The van der Waals surface area contributed by atoms with Crippen molar-refractivity contribution in [2.45, 2.75) is 45.1 Å². The maximum absolute atomic E-state index is 12.6. The first kappa shape index (κ1) is 14.1. The van der Waals surface area contributed by atoms with E-state index in [0.29, 0.717) is 18.7 Å². The van der Waals surface area contributed by atoms with E-state index in [4.69, 9.17) is 4.52 Å². The summed E-state index contributed by atoms with van der Waals surface area (Å²) in [6.07, 6.45) is 2.45. The Labute approximate surface area is 123 Å². The summed E-state index contributed by atoms with van der Waals surface area (Å²) in [5, 5.41) is 13.2. The first-order chi connectivity index (χ1) is 9.97. The lowest BCUT2D eigenvalue weighted by atomic mass is 9.72. The third-order valence-electron chi connectivity index (χ3n) is 4.67. The van der Waals surface area contributed by atoms with E-state index in [0.717, 1.165) is 12.8 Å². The SMILES string of the molecule is CC(C)c1cc(C(=O)N2CC3CCC2C(C(=O)O)C3)no1. The van der Waals surface area contributed by atoms with Crippen molar-refractivity contribution in [3.63, 3.8) is 0 Å². The van der Waals surface area contributed by atoms with Gasteiger partial charge in [0.05, 0.1) is 5.92 Å². The fourth-order valence-corrected chi connectivity index (χ4v) is 3.50. The van der Waals surface area contributed by atoms with E-state index in [1.165, 1.54) is 0 Å². The van der Waals surface area contributed by atoms with E-state index in [9.17, 15) is 14.7 Å². The predicted octanol–water partition coefficient (Wildman–Crippen LogP) is 2.12. The number of carboxylic acids is 1. The van der Waals surface area contributed by atoms with E-state index >= 15 is 0 Å². The second kappa shape index (κ2) is 5.16. The predicted molar refractivity (Wildman–Crippen MR) is 73.9 cm³/mol. The minimum atomic E-state index is -0.801. The van der Waals surface area contributed by atoms with Gasteiger partial charge in [-0.15, -0.1) is 0 Å². The highest BCUT2D eigenvalue weighted by Gasteiger charge is 2.46.